The molecular weight excluding hydrogens is 290 g/mol. The predicted molar refractivity (Wildman–Crippen MR) is 84.0 cm³/mol. The van der Waals surface area contributed by atoms with Crippen molar-refractivity contribution in [3.8, 4) is 17.5 Å². The van der Waals surface area contributed by atoms with E-state index in [-0.39, 0.29) is 0 Å². The number of carbonyl (C=O) groups is 1. The van der Waals surface area contributed by atoms with Gasteiger partial charge in [-0.05, 0) is 42.8 Å². The van der Waals surface area contributed by atoms with Gasteiger partial charge in [-0.2, -0.15) is 5.26 Å². The molecule has 0 fully saturated rings. The van der Waals surface area contributed by atoms with Crippen LogP contribution < -0.4 is 0 Å². The van der Waals surface area contributed by atoms with E-state index in [2.05, 4.69) is 9.97 Å². The van der Waals surface area contributed by atoms with Gasteiger partial charge in [-0.25, -0.2) is 4.79 Å². The first-order valence-electron chi connectivity index (χ1n) is 7.07. The van der Waals surface area contributed by atoms with Gasteiger partial charge in [-0.3, -0.25) is 9.97 Å². The molecule has 112 valence electrons. The molecule has 0 aliphatic heterocycles. The number of nitrogens with zero attached hydrogens (tertiary/aromatic N) is 3. The molecule has 0 atom stereocenters. The van der Waals surface area contributed by atoms with Crippen molar-refractivity contribution in [1.82, 2.24) is 9.97 Å². The fraction of sp³-hybridized carbons (Fsp3) is 0.111. The van der Waals surface area contributed by atoms with E-state index >= 15 is 0 Å². The lowest BCUT2D eigenvalue weighted by molar-refractivity contribution is 0.0620. The standard InChI is InChI=1S/C18H13N3O2/c1-12-2-6-16(20-10-12)17-7-4-14(11-21-17)18(22)23-15-5-3-13(8-15)9-19/h2-7,10-11H,8H2,1H3. The summed E-state index contributed by atoms with van der Waals surface area (Å²) in [5, 5.41) is 8.78. The zero-order chi connectivity index (χ0) is 16.2. The van der Waals surface area contributed by atoms with Crippen LogP contribution in [0.4, 0.5) is 0 Å². The maximum absolute atomic E-state index is 12.1. The summed E-state index contributed by atoms with van der Waals surface area (Å²) in [7, 11) is 0. The molecule has 5 heteroatoms. The highest BCUT2D eigenvalue weighted by Crippen LogP contribution is 2.21. The van der Waals surface area contributed by atoms with Crippen LogP contribution in [0.5, 0.6) is 0 Å². The highest BCUT2D eigenvalue weighted by Gasteiger charge is 2.15. The van der Waals surface area contributed by atoms with Crippen molar-refractivity contribution in [2.45, 2.75) is 13.3 Å². The second-order valence-electron chi connectivity index (χ2n) is 5.16. The Bertz CT molecular complexity index is 841. The zero-order valence-corrected chi connectivity index (χ0v) is 12.5. The van der Waals surface area contributed by atoms with Gasteiger partial charge in [-0.1, -0.05) is 6.07 Å². The number of nitriles is 1. The smallest absolute Gasteiger partial charge is 0.344 e. The van der Waals surface area contributed by atoms with Crippen LogP contribution in [-0.2, 0) is 4.74 Å². The van der Waals surface area contributed by atoms with Gasteiger partial charge in [0.05, 0.1) is 23.0 Å². The number of esters is 1. The number of hydrogen-bond donors (Lipinski definition) is 0. The van der Waals surface area contributed by atoms with E-state index in [0.29, 0.717) is 29.0 Å². The highest BCUT2D eigenvalue weighted by atomic mass is 16.5. The van der Waals surface area contributed by atoms with Crippen molar-refractivity contribution in [2.24, 2.45) is 0 Å². The van der Waals surface area contributed by atoms with Crippen LogP contribution >= 0.6 is 0 Å². The van der Waals surface area contributed by atoms with Crippen molar-refractivity contribution in [3.63, 3.8) is 0 Å². The minimum absolute atomic E-state index is 0.348. The largest absolute Gasteiger partial charge is 0.427 e. The molecule has 3 rings (SSSR count). The van der Waals surface area contributed by atoms with Crippen molar-refractivity contribution in [3.05, 3.63) is 71.3 Å². The van der Waals surface area contributed by atoms with Crippen LogP contribution in [-0.4, -0.2) is 15.9 Å². The minimum Gasteiger partial charge on any atom is -0.427 e. The molecule has 2 aromatic heterocycles. The summed E-state index contributed by atoms with van der Waals surface area (Å²) in [6, 6.07) is 9.26. The van der Waals surface area contributed by atoms with Crippen molar-refractivity contribution < 1.29 is 9.53 Å². The van der Waals surface area contributed by atoms with Crippen LogP contribution in [0.3, 0.4) is 0 Å². The Morgan fingerprint density at radius 1 is 1.13 bits per heavy atom. The monoisotopic (exact) mass is 303 g/mol. The Morgan fingerprint density at radius 3 is 2.43 bits per heavy atom. The van der Waals surface area contributed by atoms with E-state index in [1.165, 1.54) is 6.20 Å². The van der Waals surface area contributed by atoms with Gasteiger partial charge in [0.25, 0.3) is 0 Å². The Morgan fingerprint density at radius 2 is 1.87 bits per heavy atom. The third-order valence-corrected chi connectivity index (χ3v) is 3.38. The van der Waals surface area contributed by atoms with Crippen LogP contribution in [0.1, 0.15) is 22.3 Å². The number of hydrogen-bond acceptors (Lipinski definition) is 5. The summed E-state index contributed by atoms with van der Waals surface area (Å²) >= 11 is 0. The maximum Gasteiger partial charge on any atom is 0.344 e. The Hall–Kier alpha value is -3.26. The molecule has 0 radical (unpaired) electrons. The molecule has 0 spiro atoms. The van der Waals surface area contributed by atoms with Gasteiger partial charge in [0, 0.05) is 24.4 Å². The van der Waals surface area contributed by atoms with Gasteiger partial charge in [0.15, 0.2) is 0 Å². The van der Waals surface area contributed by atoms with Gasteiger partial charge in [0.2, 0.25) is 0 Å². The molecule has 2 aromatic rings. The first-order chi connectivity index (χ1) is 11.2. The van der Waals surface area contributed by atoms with Crippen LogP contribution in [0.15, 0.2) is 60.1 Å². The summed E-state index contributed by atoms with van der Waals surface area (Å²) in [5.74, 6) is -0.0180. The first kappa shape index (κ1) is 14.7. The third-order valence-electron chi connectivity index (χ3n) is 3.38. The molecule has 0 saturated carbocycles. The van der Waals surface area contributed by atoms with Gasteiger partial charge in [0.1, 0.15) is 5.76 Å². The maximum atomic E-state index is 12.1. The molecular formula is C18H13N3O2. The van der Waals surface area contributed by atoms with Crippen molar-refractivity contribution >= 4 is 5.97 Å². The fourth-order valence-electron chi connectivity index (χ4n) is 2.11. The van der Waals surface area contributed by atoms with Crippen molar-refractivity contribution in [2.75, 3.05) is 0 Å². The Labute approximate surface area is 133 Å². The lowest BCUT2D eigenvalue weighted by atomic mass is 10.2. The quantitative estimate of drug-likeness (QED) is 0.813. The first-order valence-corrected chi connectivity index (χ1v) is 7.07. The summed E-state index contributed by atoms with van der Waals surface area (Å²) in [4.78, 5) is 20.6. The molecule has 0 amide bonds. The summed E-state index contributed by atoms with van der Waals surface area (Å²) in [6.07, 6.45) is 6.86. The van der Waals surface area contributed by atoms with Crippen molar-refractivity contribution in [1.29, 1.82) is 5.26 Å². The third kappa shape index (κ3) is 3.33. The Kier molecular flexibility index (Phi) is 3.98. The molecule has 2 heterocycles. The second kappa shape index (κ2) is 6.24. The van der Waals surface area contributed by atoms with Crippen LogP contribution in [0, 0.1) is 18.3 Å². The molecule has 0 aromatic carbocycles. The average Bonchev–Trinajstić information content (AvgIpc) is 3.03. The molecule has 1 aliphatic carbocycles. The molecule has 23 heavy (non-hydrogen) atoms. The fourth-order valence-corrected chi connectivity index (χ4v) is 2.11. The summed E-state index contributed by atoms with van der Waals surface area (Å²) in [6.45, 7) is 1.97. The minimum atomic E-state index is -0.486. The highest BCUT2D eigenvalue weighted by molar-refractivity contribution is 5.90. The van der Waals surface area contributed by atoms with Crippen LogP contribution in [0.25, 0.3) is 11.4 Å². The lowest BCUT2D eigenvalue weighted by Crippen LogP contribution is -2.05. The topological polar surface area (TPSA) is 75.9 Å². The SMILES string of the molecule is Cc1ccc(-c2ccc(C(=O)OC3=CC=C(C#N)C3)cn2)nc1. The van der Waals surface area contributed by atoms with E-state index in [1.54, 1.807) is 30.5 Å². The summed E-state index contributed by atoms with van der Waals surface area (Å²) in [5.41, 5.74) is 3.44. The number of ether oxygens (including phenoxy) is 1. The van der Waals surface area contributed by atoms with E-state index < -0.39 is 5.97 Å². The van der Waals surface area contributed by atoms with Gasteiger partial charge < -0.3 is 4.74 Å². The number of rotatable bonds is 3. The normalized spacial score (nSPS) is 13.0. The number of aromatic nitrogens is 2. The zero-order valence-electron chi connectivity index (χ0n) is 12.5. The van der Waals surface area contributed by atoms with E-state index in [9.17, 15) is 4.79 Å². The van der Waals surface area contributed by atoms with E-state index in [4.69, 9.17) is 10.00 Å². The Balaban J connectivity index is 1.69. The molecule has 5 nitrogen and oxygen atoms in total. The number of aryl methyl sites for hydroxylation is 1. The van der Waals surface area contributed by atoms with E-state index in [1.807, 2.05) is 25.1 Å². The second-order valence-corrected chi connectivity index (χ2v) is 5.16. The molecule has 1 aliphatic rings. The van der Waals surface area contributed by atoms with Gasteiger partial charge in [-0.15, -0.1) is 0 Å². The summed E-state index contributed by atoms with van der Waals surface area (Å²) < 4.78 is 5.25. The predicted octanol–water partition coefficient (Wildman–Crippen LogP) is 3.35. The lowest BCUT2D eigenvalue weighted by Gasteiger charge is -2.06. The average molecular weight is 303 g/mol. The molecule has 0 N–H and O–H groups in total. The molecule has 0 saturated heterocycles. The van der Waals surface area contributed by atoms with Gasteiger partial charge >= 0.3 is 5.97 Å². The van der Waals surface area contributed by atoms with Crippen LogP contribution in [0.2, 0.25) is 0 Å². The number of pyridine rings is 2. The number of carbonyl (C=O) groups excluding carboxylic acids is 1. The number of allylic oxidation sites excluding steroid dienone is 3. The molecule has 0 unspecified atom stereocenters. The molecule has 0 bridgehead atoms. The van der Waals surface area contributed by atoms with E-state index in [0.717, 1.165) is 11.3 Å².